The predicted octanol–water partition coefficient (Wildman–Crippen LogP) is 3.28. The molecule has 1 aliphatic heterocycles. The number of rotatable bonds is 8. The van der Waals surface area contributed by atoms with Crippen molar-refractivity contribution >= 4 is 5.91 Å². The summed E-state index contributed by atoms with van der Waals surface area (Å²) < 4.78 is 16.0. The number of benzene rings is 1. The van der Waals surface area contributed by atoms with Gasteiger partial charge in [0, 0.05) is 43.4 Å². The number of ether oxygens (including phenoxy) is 3. The number of aryl methyl sites for hydroxylation is 2. The summed E-state index contributed by atoms with van der Waals surface area (Å²) >= 11 is 0. The van der Waals surface area contributed by atoms with Crippen molar-refractivity contribution in [1.29, 1.82) is 0 Å². The van der Waals surface area contributed by atoms with Gasteiger partial charge in [0.25, 0.3) is 5.91 Å². The molecular formula is C23H31N3O4. The van der Waals surface area contributed by atoms with E-state index in [2.05, 4.69) is 4.98 Å². The average molecular weight is 414 g/mol. The second kappa shape index (κ2) is 10.5. The fourth-order valence-corrected chi connectivity index (χ4v) is 3.83. The van der Waals surface area contributed by atoms with Crippen molar-refractivity contribution in [2.45, 2.75) is 39.2 Å². The van der Waals surface area contributed by atoms with Crippen LogP contribution in [0.4, 0.5) is 0 Å². The maximum Gasteiger partial charge on any atom is 0.254 e. The summed E-state index contributed by atoms with van der Waals surface area (Å²) in [5.74, 6) is 1.91. The fraction of sp³-hybridized carbons (Fsp3) is 0.522. The largest absolute Gasteiger partial charge is 0.497 e. The summed E-state index contributed by atoms with van der Waals surface area (Å²) in [4.78, 5) is 24.0. The average Bonchev–Trinajstić information content (AvgIpc) is 2.77. The number of hydrogen-bond donors (Lipinski definition) is 0. The Hall–Kier alpha value is -2.51. The molecule has 1 aliphatic rings. The SMILES string of the molecule is COCCOCc1cnc(C)nc1C1CCN(C(=O)c2ccc(OC)cc2C)CC1. The first-order valence-electron chi connectivity index (χ1n) is 10.4. The number of hydrogen-bond acceptors (Lipinski definition) is 6. The van der Waals surface area contributed by atoms with Gasteiger partial charge in [-0.05, 0) is 50.5 Å². The predicted molar refractivity (Wildman–Crippen MR) is 114 cm³/mol. The lowest BCUT2D eigenvalue weighted by Gasteiger charge is -2.33. The van der Waals surface area contributed by atoms with E-state index in [1.165, 1.54) is 0 Å². The van der Waals surface area contributed by atoms with Gasteiger partial charge in [-0.15, -0.1) is 0 Å². The van der Waals surface area contributed by atoms with Crippen molar-refractivity contribution in [3.8, 4) is 5.75 Å². The van der Waals surface area contributed by atoms with Crippen LogP contribution in [0.25, 0.3) is 0 Å². The third kappa shape index (κ3) is 5.34. The van der Waals surface area contributed by atoms with Crippen LogP contribution in [0.3, 0.4) is 0 Å². The second-order valence-electron chi connectivity index (χ2n) is 7.62. The highest BCUT2D eigenvalue weighted by Gasteiger charge is 2.27. The summed E-state index contributed by atoms with van der Waals surface area (Å²) in [6, 6.07) is 5.60. The van der Waals surface area contributed by atoms with E-state index in [0.29, 0.717) is 38.8 Å². The highest BCUT2D eigenvalue weighted by atomic mass is 16.5. The van der Waals surface area contributed by atoms with E-state index in [1.54, 1.807) is 14.2 Å². The fourth-order valence-electron chi connectivity index (χ4n) is 3.83. The molecule has 0 saturated carbocycles. The molecule has 0 atom stereocenters. The monoisotopic (exact) mass is 413 g/mol. The number of nitrogens with zero attached hydrogens (tertiary/aromatic N) is 3. The molecular weight excluding hydrogens is 382 g/mol. The smallest absolute Gasteiger partial charge is 0.254 e. The minimum absolute atomic E-state index is 0.0793. The van der Waals surface area contributed by atoms with Crippen LogP contribution < -0.4 is 4.74 Å². The maximum absolute atomic E-state index is 13.0. The number of methoxy groups -OCH3 is 2. The van der Waals surface area contributed by atoms with Gasteiger partial charge >= 0.3 is 0 Å². The summed E-state index contributed by atoms with van der Waals surface area (Å²) in [6.07, 6.45) is 3.62. The highest BCUT2D eigenvalue weighted by Crippen LogP contribution is 2.30. The third-order valence-corrected chi connectivity index (χ3v) is 5.54. The zero-order valence-corrected chi connectivity index (χ0v) is 18.3. The molecule has 2 heterocycles. The summed E-state index contributed by atoms with van der Waals surface area (Å²) in [5, 5.41) is 0. The van der Waals surface area contributed by atoms with Gasteiger partial charge in [-0.1, -0.05) is 0 Å². The van der Waals surface area contributed by atoms with Crippen LogP contribution in [0.5, 0.6) is 5.75 Å². The molecule has 1 aromatic heterocycles. The van der Waals surface area contributed by atoms with Crippen LogP contribution in [0.1, 0.15) is 51.8 Å². The van der Waals surface area contributed by atoms with Crippen LogP contribution in [0, 0.1) is 13.8 Å². The quantitative estimate of drug-likeness (QED) is 0.619. The molecule has 0 spiro atoms. The summed E-state index contributed by atoms with van der Waals surface area (Å²) in [5.41, 5.74) is 3.74. The highest BCUT2D eigenvalue weighted by molar-refractivity contribution is 5.95. The Morgan fingerprint density at radius 2 is 1.93 bits per heavy atom. The van der Waals surface area contributed by atoms with Gasteiger partial charge in [-0.3, -0.25) is 4.79 Å². The Kier molecular flexibility index (Phi) is 7.76. The van der Waals surface area contributed by atoms with E-state index >= 15 is 0 Å². The molecule has 0 radical (unpaired) electrons. The lowest BCUT2D eigenvalue weighted by atomic mass is 9.90. The number of carbonyl (C=O) groups is 1. The van der Waals surface area contributed by atoms with Gasteiger partial charge in [-0.25, -0.2) is 9.97 Å². The molecule has 7 heteroatoms. The van der Waals surface area contributed by atoms with E-state index in [1.807, 2.05) is 43.1 Å². The van der Waals surface area contributed by atoms with Gasteiger partial charge in [-0.2, -0.15) is 0 Å². The van der Waals surface area contributed by atoms with Crippen molar-refractivity contribution in [2.24, 2.45) is 0 Å². The molecule has 1 amide bonds. The van der Waals surface area contributed by atoms with Crippen LogP contribution in [0.2, 0.25) is 0 Å². The lowest BCUT2D eigenvalue weighted by molar-refractivity contribution is 0.0604. The zero-order chi connectivity index (χ0) is 21.5. The van der Waals surface area contributed by atoms with Crippen molar-refractivity contribution in [3.63, 3.8) is 0 Å². The van der Waals surface area contributed by atoms with Gasteiger partial charge < -0.3 is 19.1 Å². The number of aromatic nitrogens is 2. The van der Waals surface area contributed by atoms with Crippen LogP contribution >= 0.6 is 0 Å². The number of piperidine rings is 1. The first-order chi connectivity index (χ1) is 14.5. The van der Waals surface area contributed by atoms with Crippen molar-refractivity contribution in [3.05, 3.63) is 52.6 Å². The molecule has 2 aromatic rings. The van der Waals surface area contributed by atoms with Crippen molar-refractivity contribution in [2.75, 3.05) is 40.5 Å². The Morgan fingerprint density at radius 1 is 1.17 bits per heavy atom. The molecule has 3 rings (SSSR count). The molecule has 1 aromatic carbocycles. The van der Waals surface area contributed by atoms with Crippen molar-refractivity contribution < 1.29 is 19.0 Å². The molecule has 162 valence electrons. The molecule has 0 aliphatic carbocycles. The van der Waals surface area contributed by atoms with E-state index < -0.39 is 0 Å². The Bertz CT molecular complexity index is 864. The van der Waals surface area contributed by atoms with Crippen LogP contribution in [0.15, 0.2) is 24.4 Å². The molecule has 0 unspecified atom stereocenters. The van der Waals surface area contributed by atoms with E-state index in [9.17, 15) is 4.79 Å². The Morgan fingerprint density at radius 3 is 2.60 bits per heavy atom. The Balaban J connectivity index is 1.65. The normalized spacial score (nSPS) is 14.7. The van der Waals surface area contributed by atoms with E-state index in [-0.39, 0.29) is 5.91 Å². The van der Waals surface area contributed by atoms with Gasteiger partial charge in [0.2, 0.25) is 0 Å². The first-order valence-corrected chi connectivity index (χ1v) is 10.4. The number of carbonyl (C=O) groups excluding carboxylic acids is 1. The minimum Gasteiger partial charge on any atom is -0.497 e. The number of amides is 1. The minimum atomic E-state index is 0.0793. The molecule has 1 saturated heterocycles. The summed E-state index contributed by atoms with van der Waals surface area (Å²) in [7, 11) is 3.29. The Labute approximate surface area is 178 Å². The number of likely N-dealkylation sites (tertiary alicyclic amines) is 1. The molecule has 0 bridgehead atoms. The molecule has 0 N–H and O–H groups in total. The first kappa shape index (κ1) is 22.2. The maximum atomic E-state index is 13.0. The zero-order valence-electron chi connectivity index (χ0n) is 18.3. The molecule has 30 heavy (non-hydrogen) atoms. The lowest BCUT2D eigenvalue weighted by Crippen LogP contribution is -2.38. The van der Waals surface area contributed by atoms with Crippen LogP contribution in [-0.4, -0.2) is 61.3 Å². The topological polar surface area (TPSA) is 73.8 Å². The van der Waals surface area contributed by atoms with Crippen LogP contribution in [-0.2, 0) is 16.1 Å². The molecule has 1 fully saturated rings. The van der Waals surface area contributed by atoms with Gasteiger partial charge in [0.05, 0.1) is 32.6 Å². The second-order valence-corrected chi connectivity index (χ2v) is 7.62. The van der Waals surface area contributed by atoms with Gasteiger partial charge in [0.1, 0.15) is 11.6 Å². The van der Waals surface area contributed by atoms with Gasteiger partial charge in [0.15, 0.2) is 0 Å². The van der Waals surface area contributed by atoms with Crippen molar-refractivity contribution in [1.82, 2.24) is 14.9 Å². The summed E-state index contributed by atoms with van der Waals surface area (Å²) in [6.45, 7) is 6.85. The van der Waals surface area contributed by atoms with E-state index in [4.69, 9.17) is 19.2 Å². The van der Waals surface area contributed by atoms with E-state index in [0.717, 1.165) is 46.8 Å². The molecule has 7 nitrogen and oxygen atoms in total. The third-order valence-electron chi connectivity index (χ3n) is 5.54. The standard InChI is InChI=1S/C23H31N3O4/c1-16-13-20(29-4)5-6-21(16)23(27)26-9-7-18(8-10-26)22-19(14-24-17(2)25-22)15-30-12-11-28-3/h5-6,13-14,18H,7-12,15H2,1-4H3.